The summed E-state index contributed by atoms with van der Waals surface area (Å²) in [6, 6.07) is 8.96. The van der Waals surface area contributed by atoms with Crippen molar-refractivity contribution in [3.63, 3.8) is 0 Å². The van der Waals surface area contributed by atoms with Gasteiger partial charge in [-0.1, -0.05) is 20.8 Å². The Morgan fingerprint density at radius 3 is 2.44 bits per heavy atom. The zero-order valence-electron chi connectivity index (χ0n) is 18.6. The second-order valence-corrected chi connectivity index (χ2v) is 9.68. The number of fused-ring (bicyclic) bond motifs is 1. The Bertz CT molecular complexity index is 1120. The van der Waals surface area contributed by atoms with Gasteiger partial charge in [-0.15, -0.1) is 13.2 Å². The number of aryl methyl sites for hydroxylation is 1. The lowest BCUT2D eigenvalue weighted by molar-refractivity contribution is -0.274. The first-order valence-corrected chi connectivity index (χ1v) is 10.7. The van der Waals surface area contributed by atoms with Gasteiger partial charge in [-0.05, 0) is 79.5 Å². The summed E-state index contributed by atoms with van der Waals surface area (Å²) in [6.45, 7) is 8.56. The van der Waals surface area contributed by atoms with Crippen molar-refractivity contribution in [1.82, 2.24) is 9.55 Å². The number of nitrogens with one attached hydrogen (secondary N) is 1. The molecule has 1 aliphatic carbocycles. The monoisotopic (exact) mass is 449 g/mol. The van der Waals surface area contributed by atoms with Crippen LogP contribution in [0.4, 0.5) is 29.2 Å². The third kappa shape index (κ3) is 4.84. The first-order valence-electron chi connectivity index (χ1n) is 10.7. The molecule has 4 nitrogen and oxygen atoms in total. The van der Waals surface area contributed by atoms with Crippen LogP contribution in [0.15, 0.2) is 36.4 Å². The molecule has 172 valence electrons. The molecule has 1 aromatic heterocycles. The highest BCUT2D eigenvalue weighted by molar-refractivity contribution is 5.81. The van der Waals surface area contributed by atoms with Crippen LogP contribution in [0.5, 0.6) is 5.75 Å². The van der Waals surface area contributed by atoms with Crippen molar-refractivity contribution in [2.24, 2.45) is 11.3 Å². The number of aromatic nitrogens is 2. The topological polar surface area (TPSA) is 39.1 Å². The van der Waals surface area contributed by atoms with E-state index in [0.29, 0.717) is 17.6 Å². The molecule has 4 rings (SSSR count). The number of nitrogens with zero attached hydrogens (tertiary/aromatic N) is 2. The summed E-state index contributed by atoms with van der Waals surface area (Å²) in [5.74, 6) is 0.284. The Kier molecular flexibility index (Phi) is 5.59. The zero-order chi connectivity index (χ0) is 23.3. The molecule has 2 atom stereocenters. The van der Waals surface area contributed by atoms with Crippen molar-refractivity contribution in [2.45, 2.75) is 59.4 Å². The molecule has 0 spiro atoms. The minimum absolute atomic E-state index is 0.121. The first-order chi connectivity index (χ1) is 14.9. The Balaban J connectivity index is 1.74. The van der Waals surface area contributed by atoms with Crippen LogP contribution in [0.1, 0.15) is 51.6 Å². The molecule has 1 heterocycles. The zero-order valence-corrected chi connectivity index (χ0v) is 18.6. The summed E-state index contributed by atoms with van der Waals surface area (Å²) in [6.07, 6.45) is -1.77. The molecule has 1 fully saturated rings. The van der Waals surface area contributed by atoms with Gasteiger partial charge in [0.25, 0.3) is 0 Å². The minimum atomic E-state index is -4.75. The van der Waals surface area contributed by atoms with Gasteiger partial charge in [-0.3, -0.25) is 0 Å². The van der Waals surface area contributed by atoms with Crippen LogP contribution in [0.2, 0.25) is 0 Å². The maximum atomic E-state index is 14.8. The maximum absolute atomic E-state index is 14.8. The third-order valence-electron chi connectivity index (χ3n) is 5.97. The molecule has 1 aliphatic rings. The molecule has 0 radical (unpaired) electrons. The van der Waals surface area contributed by atoms with E-state index >= 15 is 0 Å². The van der Waals surface area contributed by atoms with E-state index in [0.717, 1.165) is 30.3 Å². The van der Waals surface area contributed by atoms with E-state index in [1.54, 1.807) is 0 Å². The van der Waals surface area contributed by atoms with Gasteiger partial charge < -0.3 is 14.6 Å². The molecule has 0 aliphatic heterocycles. The average molecular weight is 449 g/mol. The van der Waals surface area contributed by atoms with E-state index in [1.807, 2.05) is 13.0 Å². The second kappa shape index (κ2) is 7.98. The minimum Gasteiger partial charge on any atom is -0.406 e. The van der Waals surface area contributed by atoms with Crippen LogP contribution < -0.4 is 10.1 Å². The summed E-state index contributed by atoms with van der Waals surface area (Å²) < 4.78 is 58.1. The fraction of sp³-hybridized carbons (Fsp3) is 0.458. The molecule has 0 saturated heterocycles. The number of hydrogen-bond donors (Lipinski definition) is 1. The Morgan fingerprint density at radius 2 is 1.81 bits per heavy atom. The molecule has 2 aromatic carbocycles. The van der Waals surface area contributed by atoms with E-state index < -0.39 is 6.36 Å². The number of benzene rings is 2. The van der Waals surface area contributed by atoms with Crippen molar-refractivity contribution < 1.29 is 22.3 Å². The van der Waals surface area contributed by atoms with Gasteiger partial charge >= 0.3 is 6.36 Å². The fourth-order valence-electron chi connectivity index (χ4n) is 5.10. The number of imidazole rings is 1. The van der Waals surface area contributed by atoms with Crippen molar-refractivity contribution in [3.8, 4) is 5.75 Å². The summed E-state index contributed by atoms with van der Waals surface area (Å²) >= 11 is 0. The highest BCUT2D eigenvalue weighted by Crippen LogP contribution is 2.46. The van der Waals surface area contributed by atoms with E-state index in [2.05, 4.69) is 40.4 Å². The molecule has 1 N–H and O–H groups in total. The predicted octanol–water partition coefficient (Wildman–Crippen LogP) is 7.51. The predicted molar refractivity (Wildman–Crippen MR) is 117 cm³/mol. The average Bonchev–Trinajstić information content (AvgIpc) is 2.98. The van der Waals surface area contributed by atoms with E-state index in [1.165, 1.54) is 30.3 Å². The number of anilines is 2. The summed E-state index contributed by atoms with van der Waals surface area (Å²) in [7, 11) is 0. The maximum Gasteiger partial charge on any atom is 0.573 e. The van der Waals surface area contributed by atoms with Crippen molar-refractivity contribution in [3.05, 3.63) is 47.8 Å². The van der Waals surface area contributed by atoms with Gasteiger partial charge in [0, 0.05) is 11.7 Å². The third-order valence-corrected chi connectivity index (χ3v) is 5.97. The summed E-state index contributed by atoms with van der Waals surface area (Å²) in [5, 5.41) is 3.19. The van der Waals surface area contributed by atoms with Gasteiger partial charge in [0.15, 0.2) is 5.82 Å². The van der Waals surface area contributed by atoms with Crippen molar-refractivity contribution in [1.29, 1.82) is 0 Å². The first kappa shape index (κ1) is 22.4. The SMILES string of the molecule is Cc1cc(F)c2nc(Nc3ccc(OC(F)(F)F)cc3)n([C@H]3C[C@@H](C)CC(C)(C)C3)c2c1. The van der Waals surface area contributed by atoms with E-state index in [4.69, 9.17) is 0 Å². The fourth-order valence-corrected chi connectivity index (χ4v) is 5.10. The Hall–Kier alpha value is -2.77. The number of rotatable bonds is 4. The van der Waals surface area contributed by atoms with Crippen LogP contribution in [0.3, 0.4) is 0 Å². The number of alkyl halides is 3. The Labute approximate surface area is 184 Å². The highest BCUT2D eigenvalue weighted by atomic mass is 19.4. The standard InChI is InChI=1S/C24H27F4N3O/c1-14-10-19(25)21-20(11-14)31(17-9-15(2)12-23(3,4)13-17)22(30-21)29-16-5-7-18(8-6-16)32-24(26,27)28/h5-8,10-11,15,17H,9,12-13H2,1-4H3,(H,29,30)/t15-,17+/m1/s1. The van der Waals surface area contributed by atoms with Crippen LogP contribution in [-0.4, -0.2) is 15.9 Å². The highest BCUT2D eigenvalue weighted by Gasteiger charge is 2.35. The lowest BCUT2D eigenvalue weighted by Crippen LogP contribution is -2.29. The quantitative estimate of drug-likeness (QED) is 0.419. The van der Waals surface area contributed by atoms with Gasteiger partial charge in [-0.2, -0.15) is 0 Å². The van der Waals surface area contributed by atoms with Gasteiger partial charge in [0.2, 0.25) is 5.95 Å². The molecular weight excluding hydrogens is 422 g/mol. The van der Waals surface area contributed by atoms with Gasteiger partial charge in [-0.25, -0.2) is 9.37 Å². The number of ether oxygens (including phenoxy) is 1. The van der Waals surface area contributed by atoms with E-state index in [-0.39, 0.29) is 28.5 Å². The molecular formula is C24H27F4N3O. The van der Waals surface area contributed by atoms with Crippen molar-refractivity contribution >= 4 is 22.7 Å². The van der Waals surface area contributed by atoms with Gasteiger partial charge in [0.05, 0.1) is 5.52 Å². The van der Waals surface area contributed by atoms with E-state index in [9.17, 15) is 17.6 Å². The lowest BCUT2D eigenvalue weighted by atomic mass is 9.70. The second-order valence-electron chi connectivity index (χ2n) is 9.68. The molecule has 1 saturated carbocycles. The van der Waals surface area contributed by atoms with Gasteiger partial charge in [0.1, 0.15) is 11.3 Å². The summed E-state index contributed by atoms with van der Waals surface area (Å²) in [4.78, 5) is 4.54. The van der Waals surface area contributed by atoms with Crippen LogP contribution >= 0.6 is 0 Å². The molecule has 3 aromatic rings. The van der Waals surface area contributed by atoms with Crippen LogP contribution in [0.25, 0.3) is 11.0 Å². The summed E-state index contributed by atoms with van der Waals surface area (Å²) in [5.41, 5.74) is 2.48. The molecule has 0 bridgehead atoms. The lowest BCUT2D eigenvalue weighted by Gasteiger charge is -2.40. The number of hydrogen-bond acceptors (Lipinski definition) is 3. The normalized spacial score (nSPS) is 21.0. The van der Waals surface area contributed by atoms with Crippen LogP contribution in [-0.2, 0) is 0 Å². The molecule has 32 heavy (non-hydrogen) atoms. The molecule has 8 heteroatoms. The molecule has 0 unspecified atom stereocenters. The molecule has 0 amide bonds. The van der Waals surface area contributed by atoms with Crippen molar-refractivity contribution in [2.75, 3.05) is 5.32 Å². The van der Waals surface area contributed by atoms with Crippen LogP contribution in [0, 0.1) is 24.1 Å². The number of halogens is 4. The largest absolute Gasteiger partial charge is 0.573 e. The smallest absolute Gasteiger partial charge is 0.406 e. The Morgan fingerprint density at radius 1 is 1.12 bits per heavy atom.